The molecule has 2 aliphatic rings. The van der Waals surface area contributed by atoms with Gasteiger partial charge in [-0.2, -0.15) is 0 Å². The van der Waals surface area contributed by atoms with Crippen LogP contribution in [-0.2, 0) is 4.74 Å². The summed E-state index contributed by atoms with van der Waals surface area (Å²) in [6.45, 7) is 3.40. The van der Waals surface area contributed by atoms with Gasteiger partial charge in [-0.15, -0.1) is 0 Å². The normalized spacial score (nSPS) is 31.6. The Morgan fingerprint density at radius 2 is 1.59 bits per heavy atom. The molecular formula is C16H30O. The summed E-state index contributed by atoms with van der Waals surface area (Å²) in [5.74, 6) is 1.97. The lowest BCUT2D eigenvalue weighted by atomic mass is 9.86. The minimum atomic E-state index is 0.595. The predicted molar refractivity (Wildman–Crippen MR) is 73.2 cm³/mol. The van der Waals surface area contributed by atoms with Gasteiger partial charge in [-0.1, -0.05) is 39.0 Å². The van der Waals surface area contributed by atoms with Crippen LogP contribution in [0.25, 0.3) is 0 Å². The molecule has 2 rings (SSSR count). The second-order valence-electron chi connectivity index (χ2n) is 6.40. The molecule has 0 aromatic rings. The maximum Gasteiger partial charge on any atom is 0.0575 e. The molecule has 0 aliphatic heterocycles. The van der Waals surface area contributed by atoms with Gasteiger partial charge in [0.05, 0.1) is 6.10 Å². The third kappa shape index (κ3) is 4.99. The molecule has 0 aromatic heterocycles. The van der Waals surface area contributed by atoms with E-state index in [0.717, 1.165) is 18.4 Å². The molecule has 100 valence electrons. The Balaban J connectivity index is 1.48. The lowest BCUT2D eigenvalue weighted by Gasteiger charge is -2.27. The van der Waals surface area contributed by atoms with Crippen molar-refractivity contribution in [2.45, 2.75) is 83.7 Å². The molecule has 2 saturated carbocycles. The van der Waals surface area contributed by atoms with Crippen molar-refractivity contribution in [2.75, 3.05) is 6.61 Å². The van der Waals surface area contributed by atoms with Gasteiger partial charge in [0.15, 0.2) is 0 Å². The summed E-state index contributed by atoms with van der Waals surface area (Å²) < 4.78 is 6.02. The Bertz CT molecular complexity index is 188. The van der Waals surface area contributed by atoms with Gasteiger partial charge in [-0.3, -0.25) is 0 Å². The fourth-order valence-corrected chi connectivity index (χ4v) is 3.49. The SMILES string of the molecule is CC1CCC(OCCCC2CCCCC2)CC1. The fraction of sp³-hybridized carbons (Fsp3) is 1.00. The van der Waals surface area contributed by atoms with Crippen molar-refractivity contribution < 1.29 is 4.74 Å². The summed E-state index contributed by atoms with van der Waals surface area (Å²) in [6.07, 6.45) is 16.1. The molecule has 0 N–H and O–H groups in total. The summed E-state index contributed by atoms with van der Waals surface area (Å²) in [4.78, 5) is 0. The molecule has 0 radical (unpaired) electrons. The highest BCUT2D eigenvalue weighted by Gasteiger charge is 2.18. The van der Waals surface area contributed by atoms with Crippen molar-refractivity contribution in [1.82, 2.24) is 0 Å². The molecule has 0 unspecified atom stereocenters. The average Bonchev–Trinajstić information content (AvgIpc) is 2.38. The topological polar surface area (TPSA) is 9.23 Å². The Morgan fingerprint density at radius 3 is 2.29 bits per heavy atom. The van der Waals surface area contributed by atoms with Crippen LogP contribution in [-0.4, -0.2) is 12.7 Å². The number of hydrogen-bond acceptors (Lipinski definition) is 1. The molecule has 1 heteroatoms. The first-order valence-corrected chi connectivity index (χ1v) is 7.96. The fourth-order valence-electron chi connectivity index (χ4n) is 3.49. The summed E-state index contributed by atoms with van der Waals surface area (Å²) in [6, 6.07) is 0. The van der Waals surface area contributed by atoms with Crippen LogP contribution in [0.3, 0.4) is 0 Å². The molecule has 2 fully saturated rings. The molecule has 0 saturated heterocycles. The lowest BCUT2D eigenvalue weighted by molar-refractivity contribution is 0.0161. The molecule has 0 heterocycles. The molecule has 0 atom stereocenters. The molecule has 2 aliphatic carbocycles. The van der Waals surface area contributed by atoms with Crippen LogP contribution in [0, 0.1) is 11.8 Å². The number of hydrogen-bond donors (Lipinski definition) is 0. The smallest absolute Gasteiger partial charge is 0.0575 e. The Hall–Kier alpha value is -0.0400. The van der Waals surface area contributed by atoms with Gasteiger partial charge in [0.25, 0.3) is 0 Å². The van der Waals surface area contributed by atoms with Gasteiger partial charge in [0.2, 0.25) is 0 Å². The first-order valence-electron chi connectivity index (χ1n) is 7.96. The molecule has 0 spiro atoms. The largest absolute Gasteiger partial charge is 0.378 e. The van der Waals surface area contributed by atoms with Gasteiger partial charge >= 0.3 is 0 Å². The second kappa shape index (κ2) is 7.41. The van der Waals surface area contributed by atoms with Crippen LogP contribution in [0.4, 0.5) is 0 Å². The van der Waals surface area contributed by atoms with E-state index in [4.69, 9.17) is 4.74 Å². The van der Waals surface area contributed by atoms with E-state index in [2.05, 4.69) is 6.92 Å². The van der Waals surface area contributed by atoms with Crippen molar-refractivity contribution in [3.63, 3.8) is 0 Å². The van der Waals surface area contributed by atoms with Gasteiger partial charge in [0, 0.05) is 6.61 Å². The van der Waals surface area contributed by atoms with Crippen molar-refractivity contribution in [3.8, 4) is 0 Å². The zero-order chi connectivity index (χ0) is 11.9. The summed E-state index contributed by atoms with van der Waals surface area (Å²) >= 11 is 0. The van der Waals surface area contributed by atoms with Gasteiger partial charge in [-0.05, 0) is 50.4 Å². The number of ether oxygens (including phenoxy) is 1. The summed E-state index contributed by atoms with van der Waals surface area (Å²) in [5, 5.41) is 0. The highest BCUT2D eigenvalue weighted by atomic mass is 16.5. The molecule has 0 bridgehead atoms. The quantitative estimate of drug-likeness (QED) is 0.616. The molecule has 1 nitrogen and oxygen atoms in total. The van der Waals surface area contributed by atoms with Crippen molar-refractivity contribution in [2.24, 2.45) is 11.8 Å². The zero-order valence-corrected chi connectivity index (χ0v) is 11.6. The lowest BCUT2D eigenvalue weighted by Crippen LogP contribution is -2.21. The van der Waals surface area contributed by atoms with E-state index in [1.807, 2.05) is 0 Å². The first kappa shape index (κ1) is 13.4. The highest BCUT2D eigenvalue weighted by molar-refractivity contribution is 4.70. The maximum absolute atomic E-state index is 6.02. The third-order valence-corrected chi connectivity index (χ3v) is 4.80. The van der Waals surface area contributed by atoms with Crippen LogP contribution < -0.4 is 0 Å². The second-order valence-corrected chi connectivity index (χ2v) is 6.40. The van der Waals surface area contributed by atoms with Crippen LogP contribution in [0.1, 0.15) is 77.6 Å². The molecular weight excluding hydrogens is 208 g/mol. The predicted octanol–water partition coefficient (Wildman–Crippen LogP) is 4.94. The Labute approximate surface area is 107 Å². The van der Waals surface area contributed by atoms with E-state index < -0.39 is 0 Å². The maximum atomic E-state index is 6.02. The van der Waals surface area contributed by atoms with Crippen molar-refractivity contribution in [1.29, 1.82) is 0 Å². The Kier molecular flexibility index (Phi) is 5.84. The van der Waals surface area contributed by atoms with Crippen LogP contribution in [0.5, 0.6) is 0 Å². The van der Waals surface area contributed by atoms with Crippen LogP contribution >= 0.6 is 0 Å². The zero-order valence-electron chi connectivity index (χ0n) is 11.6. The molecule has 17 heavy (non-hydrogen) atoms. The first-order chi connectivity index (χ1) is 8.34. The average molecular weight is 238 g/mol. The highest BCUT2D eigenvalue weighted by Crippen LogP contribution is 2.28. The van der Waals surface area contributed by atoms with Gasteiger partial charge in [0.1, 0.15) is 0 Å². The standard InChI is InChI=1S/C16H30O/c1-14-9-11-16(12-10-14)17-13-5-8-15-6-3-2-4-7-15/h14-16H,2-13H2,1H3. The van der Waals surface area contributed by atoms with E-state index >= 15 is 0 Å². The monoisotopic (exact) mass is 238 g/mol. The van der Waals surface area contributed by atoms with Crippen LogP contribution in [0.15, 0.2) is 0 Å². The van der Waals surface area contributed by atoms with E-state index in [0.29, 0.717) is 6.10 Å². The van der Waals surface area contributed by atoms with Crippen molar-refractivity contribution >= 4 is 0 Å². The van der Waals surface area contributed by atoms with Gasteiger partial charge < -0.3 is 4.74 Å². The minimum absolute atomic E-state index is 0.595. The summed E-state index contributed by atoms with van der Waals surface area (Å²) in [5.41, 5.74) is 0. The third-order valence-electron chi connectivity index (χ3n) is 4.80. The molecule has 0 amide bonds. The summed E-state index contributed by atoms with van der Waals surface area (Å²) in [7, 11) is 0. The van der Waals surface area contributed by atoms with E-state index in [1.165, 1.54) is 70.6 Å². The van der Waals surface area contributed by atoms with E-state index in [9.17, 15) is 0 Å². The minimum Gasteiger partial charge on any atom is -0.378 e. The number of rotatable bonds is 5. The Morgan fingerprint density at radius 1 is 0.882 bits per heavy atom. The van der Waals surface area contributed by atoms with Gasteiger partial charge in [-0.25, -0.2) is 0 Å². The molecule has 0 aromatic carbocycles. The van der Waals surface area contributed by atoms with Crippen LogP contribution in [0.2, 0.25) is 0 Å². The van der Waals surface area contributed by atoms with E-state index in [1.54, 1.807) is 0 Å². The van der Waals surface area contributed by atoms with E-state index in [-0.39, 0.29) is 0 Å². The van der Waals surface area contributed by atoms with Crippen molar-refractivity contribution in [3.05, 3.63) is 0 Å².